The molecule has 23 heavy (non-hydrogen) atoms. The first-order valence-corrected chi connectivity index (χ1v) is 7.46. The number of amides is 2. The van der Waals surface area contributed by atoms with Crippen LogP contribution >= 0.6 is 15.9 Å². The number of benzene rings is 2. The maximum atomic E-state index is 13.4. The number of hydrogen-bond acceptors (Lipinski definition) is 3. The van der Waals surface area contributed by atoms with Crippen LogP contribution in [0.4, 0.5) is 10.1 Å². The maximum absolute atomic E-state index is 13.4. The van der Waals surface area contributed by atoms with Crippen molar-refractivity contribution in [1.29, 1.82) is 0 Å². The van der Waals surface area contributed by atoms with Crippen molar-refractivity contribution in [3.05, 3.63) is 64.4 Å². The van der Waals surface area contributed by atoms with Crippen molar-refractivity contribution >= 4 is 39.6 Å². The summed E-state index contributed by atoms with van der Waals surface area (Å²) in [5.41, 5.74) is 3.06. The summed E-state index contributed by atoms with van der Waals surface area (Å²) >= 11 is 3.32. The van der Waals surface area contributed by atoms with Crippen molar-refractivity contribution in [3.8, 4) is 0 Å². The standard InChI is InChI=1S/C16H13BrFN3O2/c17-12-5-3-4-11(8-12)10-19-21-16(23)9-15(22)20-14-7-2-1-6-13(14)18/h1-8,10H,9H2,(H,20,22)(H,21,23). The van der Waals surface area contributed by atoms with E-state index in [1.165, 1.54) is 24.4 Å². The molecule has 0 radical (unpaired) electrons. The normalized spacial score (nSPS) is 10.5. The predicted octanol–water partition coefficient (Wildman–Crippen LogP) is 3.07. The lowest BCUT2D eigenvalue weighted by Crippen LogP contribution is -2.24. The first kappa shape index (κ1) is 16.8. The molecule has 2 aromatic carbocycles. The minimum atomic E-state index is -0.620. The predicted molar refractivity (Wildman–Crippen MR) is 89.5 cm³/mol. The van der Waals surface area contributed by atoms with Crippen LogP contribution in [-0.2, 0) is 9.59 Å². The molecule has 7 heteroatoms. The second kappa shape index (κ2) is 8.19. The largest absolute Gasteiger partial charge is 0.323 e. The van der Waals surface area contributed by atoms with Crippen LogP contribution in [-0.4, -0.2) is 18.0 Å². The number of rotatable bonds is 5. The second-order valence-corrected chi connectivity index (χ2v) is 5.47. The Balaban J connectivity index is 1.82. The quantitative estimate of drug-likeness (QED) is 0.477. The van der Waals surface area contributed by atoms with E-state index in [0.717, 1.165) is 10.0 Å². The summed E-state index contributed by atoms with van der Waals surface area (Å²) in [4.78, 5) is 23.3. The smallest absolute Gasteiger partial charge is 0.249 e. The van der Waals surface area contributed by atoms with Crippen LogP contribution in [0.25, 0.3) is 0 Å². The lowest BCUT2D eigenvalue weighted by atomic mass is 10.2. The van der Waals surface area contributed by atoms with Gasteiger partial charge < -0.3 is 5.32 Å². The molecular weight excluding hydrogens is 365 g/mol. The van der Waals surface area contributed by atoms with Gasteiger partial charge in [-0.2, -0.15) is 5.10 Å². The highest BCUT2D eigenvalue weighted by molar-refractivity contribution is 9.10. The first-order valence-electron chi connectivity index (χ1n) is 6.66. The van der Waals surface area contributed by atoms with Crippen LogP contribution in [0, 0.1) is 5.82 Å². The maximum Gasteiger partial charge on any atom is 0.249 e. The van der Waals surface area contributed by atoms with E-state index in [0.29, 0.717) is 0 Å². The molecule has 118 valence electrons. The van der Waals surface area contributed by atoms with Crippen LogP contribution in [0.5, 0.6) is 0 Å². The molecule has 0 spiro atoms. The van der Waals surface area contributed by atoms with Gasteiger partial charge in [-0.1, -0.05) is 40.2 Å². The number of carbonyl (C=O) groups excluding carboxylic acids is 2. The SMILES string of the molecule is O=C(CC(=O)Nc1ccccc1F)NN=Cc1cccc(Br)c1. The summed E-state index contributed by atoms with van der Waals surface area (Å²) < 4.78 is 14.3. The van der Waals surface area contributed by atoms with Crippen LogP contribution in [0.15, 0.2) is 58.1 Å². The highest BCUT2D eigenvalue weighted by atomic mass is 79.9. The Morgan fingerprint density at radius 1 is 1.13 bits per heavy atom. The molecule has 2 amide bonds. The van der Waals surface area contributed by atoms with E-state index in [4.69, 9.17) is 0 Å². The summed E-state index contributed by atoms with van der Waals surface area (Å²) in [6, 6.07) is 13.0. The molecule has 2 rings (SSSR count). The Bertz CT molecular complexity index is 750. The minimum Gasteiger partial charge on any atom is -0.323 e. The second-order valence-electron chi connectivity index (χ2n) is 4.55. The van der Waals surface area contributed by atoms with E-state index < -0.39 is 24.1 Å². The number of para-hydroxylation sites is 1. The number of nitrogens with one attached hydrogen (secondary N) is 2. The summed E-state index contributed by atoms with van der Waals surface area (Å²) in [7, 11) is 0. The van der Waals surface area contributed by atoms with Gasteiger partial charge in [-0.3, -0.25) is 9.59 Å². The fourth-order valence-corrected chi connectivity index (χ4v) is 2.12. The van der Waals surface area contributed by atoms with Crippen molar-refractivity contribution in [2.45, 2.75) is 6.42 Å². The van der Waals surface area contributed by atoms with Gasteiger partial charge in [-0.25, -0.2) is 9.82 Å². The molecule has 0 saturated carbocycles. The molecule has 2 aromatic rings. The van der Waals surface area contributed by atoms with E-state index in [1.54, 1.807) is 6.07 Å². The fraction of sp³-hybridized carbons (Fsp3) is 0.0625. The number of nitrogens with zero attached hydrogens (tertiary/aromatic N) is 1. The van der Waals surface area contributed by atoms with Crippen molar-refractivity contribution in [3.63, 3.8) is 0 Å². The molecule has 0 aromatic heterocycles. The average Bonchev–Trinajstić information content (AvgIpc) is 2.49. The van der Waals surface area contributed by atoms with Gasteiger partial charge in [0.25, 0.3) is 0 Å². The molecular formula is C16H13BrFN3O2. The van der Waals surface area contributed by atoms with Crippen molar-refractivity contribution in [2.24, 2.45) is 5.10 Å². The third kappa shape index (κ3) is 5.63. The number of hydrazone groups is 1. The topological polar surface area (TPSA) is 70.6 Å². The number of hydrogen-bond donors (Lipinski definition) is 2. The molecule has 0 aliphatic rings. The van der Waals surface area contributed by atoms with Crippen molar-refractivity contribution < 1.29 is 14.0 Å². The van der Waals surface area contributed by atoms with E-state index >= 15 is 0 Å². The third-order valence-corrected chi connectivity index (χ3v) is 3.21. The molecule has 0 unspecified atom stereocenters. The summed E-state index contributed by atoms with van der Waals surface area (Å²) in [6.07, 6.45) is 1.00. The van der Waals surface area contributed by atoms with Gasteiger partial charge in [0.05, 0.1) is 11.9 Å². The van der Waals surface area contributed by atoms with Gasteiger partial charge in [0, 0.05) is 4.47 Å². The third-order valence-electron chi connectivity index (χ3n) is 2.72. The van der Waals surface area contributed by atoms with E-state index in [1.807, 2.05) is 24.3 Å². The van der Waals surface area contributed by atoms with Gasteiger partial charge in [-0.15, -0.1) is 0 Å². The van der Waals surface area contributed by atoms with Gasteiger partial charge in [0.2, 0.25) is 11.8 Å². The van der Waals surface area contributed by atoms with Crippen LogP contribution in [0.1, 0.15) is 12.0 Å². The zero-order valence-corrected chi connectivity index (χ0v) is 13.5. The molecule has 0 fully saturated rings. The summed E-state index contributed by atoms with van der Waals surface area (Å²) in [6.45, 7) is 0. The van der Waals surface area contributed by atoms with Crippen LogP contribution < -0.4 is 10.7 Å². The molecule has 0 heterocycles. The molecule has 0 aliphatic heterocycles. The Kier molecular flexibility index (Phi) is 5.99. The number of anilines is 1. The Labute approximate surface area is 140 Å². The van der Waals surface area contributed by atoms with Crippen molar-refractivity contribution in [1.82, 2.24) is 5.43 Å². The molecule has 0 aliphatic carbocycles. The molecule has 2 N–H and O–H groups in total. The molecule has 0 atom stereocenters. The average molecular weight is 378 g/mol. The Morgan fingerprint density at radius 3 is 2.65 bits per heavy atom. The molecule has 5 nitrogen and oxygen atoms in total. The highest BCUT2D eigenvalue weighted by Gasteiger charge is 2.10. The molecule has 0 bridgehead atoms. The van der Waals surface area contributed by atoms with Gasteiger partial charge in [-0.05, 0) is 29.8 Å². The lowest BCUT2D eigenvalue weighted by molar-refractivity contribution is -0.126. The van der Waals surface area contributed by atoms with E-state index in [9.17, 15) is 14.0 Å². The number of halogens is 2. The van der Waals surface area contributed by atoms with Crippen molar-refractivity contribution in [2.75, 3.05) is 5.32 Å². The zero-order valence-electron chi connectivity index (χ0n) is 11.9. The Morgan fingerprint density at radius 2 is 1.91 bits per heavy atom. The number of carbonyl (C=O) groups is 2. The highest BCUT2D eigenvalue weighted by Crippen LogP contribution is 2.12. The summed E-state index contributed by atoms with van der Waals surface area (Å²) in [5.74, 6) is -1.77. The zero-order chi connectivity index (χ0) is 16.7. The van der Waals surface area contributed by atoms with Crippen LogP contribution in [0.3, 0.4) is 0 Å². The Hall–Kier alpha value is -2.54. The van der Waals surface area contributed by atoms with Gasteiger partial charge in [0.15, 0.2) is 0 Å². The minimum absolute atomic E-state index is 0.0305. The van der Waals surface area contributed by atoms with E-state index in [-0.39, 0.29) is 5.69 Å². The summed E-state index contributed by atoms with van der Waals surface area (Å²) in [5, 5.41) is 6.08. The van der Waals surface area contributed by atoms with Gasteiger partial charge in [0.1, 0.15) is 12.2 Å². The first-order chi connectivity index (χ1) is 11.0. The fourth-order valence-electron chi connectivity index (χ4n) is 1.71. The van der Waals surface area contributed by atoms with Gasteiger partial charge >= 0.3 is 0 Å². The van der Waals surface area contributed by atoms with Crippen LogP contribution in [0.2, 0.25) is 0 Å². The van der Waals surface area contributed by atoms with E-state index in [2.05, 4.69) is 31.8 Å². The lowest BCUT2D eigenvalue weighted by Gasteiger charge is -2.05. The monoisotopic (exact) mass is 377 g/mol. The molecule has 0 saturated heterocycles.